The Morgan fingerprint density at radius 1 is 0.465 bits per heavy atom. The van der Waals surface area contributed by atoms with E-state index < -0.39 is 49.5 Å². The molecule has 1 fully saturated rings. The maximum atomic E-state index is 13.1. The van der Waals surface area contributed by atoms with Gasteiger partial charge in [-0.2, -0.15) is 0 Å². The number of carbonyl (C=O) groups excluding carboxylic acids is 1. The van der Waals surface area contributed by atoms with E-state index in [4.69, 9.17) is 9.47 Å². The molecule has 9 heteroatoms. The lowest BCUT2D eigenvalue weighted by atomic mass is 9.99. The van der Waals surface area contributed by atoms with Gasteiger partial charge in [-0.1, -0.05) is 255 Å². The van der Waals surface area contributed by atoms with E-state index in [9.17, 15) is 30.3 Å². The summed E-state index contributed by atoms with van der Waals surface area (Å²) in [5.41, 5.74) is 0. The van der Waals surface area contributed by atoms with E-state index in [1.807, 2.05) is 6.08 Å². The van der Waals surface area contributed by atoms with Crippen molar-refractivity contribution in [2.24, 2.45) is 0 Å². The number of hydrogen-bond acceptors (Lipinski definition) is 8. The molecule has 0 aromatic carbocycles. The van der Waals surface area contributed by atoms with Crippen LogP contribution in [0.15, 0.2) is 48.6 Å². The van der Waals surface area contributed by atoms with Gasteiger partial charge in [0.2, 0.25) is 5.91 Å². The number of nitrogens with one attached hydrogen (secondary N) is 1. The second kappa shape index (κ2) is 51.6. The van der Waals surface area contributed by atoms with Gasteiger partial charge in [0.05, 0.1) is 25.4 Å². The minimum Gasteiger partial charge on any atom is -0.394 e. The summed E-state index contributed by atoms with van der Waals surface area (Å²) in [6.07, 6.45) is 61.9. The fourth-order valence-corrected chi connectivity index (χ4v) is 9.54. The number of aliphatic hydroxyl groups is 5. The van der Waals surface area contributed by atoms with Gasteiger partial charge in [-0.25, -0.2) is 0 Å². The van der Waals surface area contributed by atoms with Gasteiger partial charge in [-0.15, -0.1) is 0 Å². The molecule has 1 heterocycles. The van der Waals surface area contributed by atoms with Gasteiger partial charge in [0.25, 0.3) is 0 Å². The molecule has 1 rings (SSSR count). The second-order valence-corrected chi connectivity index (χ2v) is 21.1. The highest BCUT2D eigenvalue weighted by Crippen LogP contribution is 2.23. The number of aliphatic hydroxyl groups excluding tert-OH is 5. The number of ether oxygens (including phenoxy) is 2. The standard InChI is InChI=1S/C62H115NO8/c1-3-5-7-9-11-13-15-17-19-21-23-24-25-26-27-28-29-30-31-32-33-34-36-38-40-42-44-46-48-50-52-58(66)63-55(54-70-62-61(69)60(68)59(67)57(53-64)71-62)56(65)51-49-47-45-43-41-39-37-35-22-20-18-16-14-12-10-8-6-4-2/h22,26-27,35,41,43,49,51,55-57,59-62,64-65,67-69H,3-21,23-25,28-34,36-40,42,44-48,50,52-54H2,1-2H3,(H,63,66)/b27-26-,35-22+,43-41+,51-49+. The van der Waals surface area contributed by atoms with E-state index in [0.29, 0.717) is 6.42 Å². The normalized spacial score (nSPS) is 19.6. The fraction of sp³-hybridized carbons (Fsp3) is 0.855. The van der Waals surface area contributed by atoms with Gasteiger partial charge < -0.3 is 40.3 Å². The van der Waals surface area contributed by atoms with Gasteiger partial charge in [0, 0.05) is 6.42 Å². The van der Waals surface area contributed by atoms with Crippen molar-refractivity contribution in [3.8, 4) is 0 Å². The highest BCUT2D eigenvalue weighted by molar-refractivity contribution is 5.76. The number of carbonyl (C=O) groups is 1. The van der Waals surface area contributed by atoms with E-state index in [1.54, 1.807) is 6.08 Å². The molecule has 0 radical (unpaired) electrons. The van der Waals surface area contributed by atoms with Crippen molar-refractivity contribution in [1.29, 1.82) is 0 Å². The first-order valence-electron chi connectivity index (χ1n) is 30.4. The average molecular weight is 1000 g/mol. The molecule has 71 heavy (non-hydrogen) atoms. The highest BCUT2D eigenvalue weighted by atomic mass is 16.7. The maximum Gasteiger partial charge on any atom is 0.220 e. The molecule has 1 aliphatic heterocycles. The van der Waals surface area contributed by atoms with Gasteiger partial charge in [0.15, 0.2) is 6.29 Å². The second-order valence-electron chi connectivity index (χ2n) is 21.1. The number of allylic oxidation sites excluding steroid dienone is 7. The minimum absolute atomic E-state index is 0.188. The SMILES string of the molecule is CCCCCCCCCC/C=C/CC/C=C/CC/C=C/C(O)C(COC1OC(CO)C(O)C(O)C1O)NC(=O)CCCCCCCCCCCCCCCC/C=C\CCCCCCCCCCCCCC. The molecule has 416 valence electrons. The Labute approximate surface area is 437 Å². The molecule has 0 aromatic heterocycles. The van der Waals surface area contributed by atoms with Crippen molar-refractivity contribution in [2.45, 2.75) is 326 Å². The summed E-state index contributed by atoms with van der Waals surface area (Å²) in [5.74, 6) is -0.188. The van der Waals surface area contributed by atoms with Crippen molar-refractivity contribution in [3.63, 3.8) is 0 Å². The Bertz CT molecular complexity index is 1250. The molecule has 6 N–H and O–H groups in total. The molecule has 1 saturated heterocycles. The number of hydrogen-bond donors (Lipinski definition) is 6. The summed E-state index contributed by atoms with van der Waals surface area (Å²) in [4.78, 5) is 13.1. The monoisotopic (exact) mass is 1000 g/mol. The van der Waals surface area contributed by atoms with Crippen LogP contribution in [-0.4, -0.2) is 87.5 Å². The van der Waals surface area contributed by atoms with Crippen LogP contribution in [0.1, 0.15) is 284 Å². The smallest absolute Gasteiger partial charge is 0.220 e. The largest absolute Gasteiger partial charge is 0.394 e. The Morgan fingerprint density at radius 3 is 1.18 bits per heavy atom. The zero-order valence-corrected chi connectivity index (χ0v) is 46.2. The lowest BCUT2D eigenvalue weighted by Gasteiger charge is -2.40. The van der Waals surface area contributed by atoms with Gasteiger partial charge in [-0.3, -0.25) is 4.79 Å². The minimum atomic E-state index is -1.58. The van der Waals surface area contributed by atoms with E-state index in [-0.39, 0.29) is 12.5 Å². The molecule has 1 amide bonds. The van der Waals surface area contributed by atoms with Gasteiger partial charge >= 0.3 is 0 Å². The summed E-state index contributed by atoms with van der Waals surface area (Å²) < 4.78 is 11.3. The average Bonchev–Trinajstić information content (AvgIpc) is 3.37. The third kappa shape index (κ3) is 41.1. The molecular weight excluding hydrogens is 887 g/mol. The van der Waals surface area contributed by atoms with E-state index >= 15 is 0 Å². The van der Waals surface area contributed by atoms with Crippen molar-refractivity contribution in [1.82, 2.24) is 5.32 Å². The van der Waals surface area contributed by atoms with Crippen LogP contribution in [0.4, 0.5) is 0 Å². The Morgan fingerprint density at radius 2 is 0.803 bits per heavy atom. The van der Waals surface area contributed by atoms with E-state index in [0.717, 1.165) is 44.9 Å². The number of amides is 1. The van der Waals surface area contributed by atoms with Gasteiger partial charge in [-0.05, 0) is 70.6 Å². The molecule has 0 bridgehead atoms. The molecule has 9 nitrogen and oxygen atoms in total. The lowest BCUT2D eigenvalue weighted by molar-refractivity contribution is -0.302. The van der Waals surface area contributed by atoms with Crippen molar-refractivity contribution in [2.75, 3.05) is 13.2 Å². The predicted molar refractivity (Wildman–Crippen MR) is 299 cm³/mol. The van der Waals surface area contributed by atoms with Crippen LogP contribution in [0.5, 0.6) is 0 Å². The van der Waals surface area contributed by atoms with Crippen LogP contribution in [0.3, 0.4) is 0 Å². The first-order chi connectivity index (χ1) is 34.8. The first-order valence-corrected chi connectivity index (χ1v) is 30.4. The number of rotatable bonds is 52. The molecule has 0 saturated carbocycles. The van der Waals surface area contributed by atoms with Crippen LogP contribution in [-0.2, 0) is 14.3 Å². The molecular formula is C62H115NO8. The molecule has 0 spiro atoms. The quantitative estimate of drug-likeness (QED) is 0.0261. The summed E-state index contributed by atoms with van der Waals surface area (Å²) >= 11 is 0. The molecule has 0 aliphatic carbocycles. The fourth-order valence-electron chi connectivity index (χ4n) is 9.54. The number of unbranched alkanes of at least 4 members (excludes halogenated alkanes) is 36. The maximum absolute atomic E-state index is 13.1. The highest BCUT2D eigenvalue weighted by Gasteiger charge is 2.44. The van der Waals surface area contributed by atoms with Crippen molar-refractivity contribution < 1.29 is 39.8 Å². The van der Waals surface area contributed by atoms with Crippen LogP contribution in [0.2, 0.25) is 0 Å². The summed E-state index contributed by atoms with van der Waals surface area (Å²) in [6, 6.07) is -0.829. The van der Waals surface area contributed by atoms with Crippen LogP contribution in [0, 0.1) is 0 Å². The van der Waals surface area contributed by atoms with E-state index in [2.05, 4.69) is 55.6 Å². The summed E-state index contributed by atoms with van der Waals surface area (Å²) in [7, 11) is 0. The first kappa shape index (κ1) is 67.2. The third-order valence-corrected chi connectivity index (χ3v) is 14.4. The van der Waals surface area contributed by atoms with Crippen LogP contribution in [0.25, 0.3) is 0 Å². The third-order valence-electron chi connectivity index (χ3n) is 14.4. The Hall–Kier alpha value is -1.85. The zero-order chi connectivity index (χ0) is 51.5. The molecule has 0 aromatic rings. The van der Waals surface area contributed by atoms with Gasteiger partial charge in [0.1, 0.15) is 24.4 Å². The summed E-state index contributed by atoms with van der Waals surface area (Å²) in [6.45, 7) is 3.78. The molecule has 1 aliphatic rings. The van der Waals surface area contributed by atoms with E-state index in [1.165, 1.54) is 218 Å². The lowest BCUT2D eigenvalue weighted by Crippen LogP contribution is -2.60. The Balaban J connectivity index is 2.19. The Kier molecular flexibility index (Phi) is 48.8. The topological polar surface area (TPSA) is 149 Å². The zero-order valence-electron chi connectivity index (χ0n) is 46.2. The molecule has 7 atom stereocenters. The summed E-state index contributed by atoms with van der Waals surface area (Å²) in [5, 5.41) is 54.5. The van der Waals surface area contributed by atoms with Crippen LogP contribution < -0.4 is 5.32 Å². The van der Waals surface area contributed by atoms with Crippen LogP contribution >= 0.6 is 0 Å². The van der Waals surface area contributed by atoms with Crippen molar-refractivity contribution in [3.05, 3.63) is 48.6 Å². The molecule has 7 unspecified atom stereocenters. The predicted octanol–water partition coefficient (Wildman–Crippen LogP) is 15.3. The van der Waals surface area contributed by atoms with Crippen molar-refractivity contribution >= 4 is 5.91 Å².